The lowest BCUT2D eigenvalue weighted by Crippen LogP contribution is -2.30. The summed E-state index contributed by atoms with van der Waals surface area (Å²) in [7, 11) is 0. The first-order valence-corrected chi connectivity index (χ1v) is 24.6. The van der Waals surface area contributed by atoms with Gasteiger partial charge in [-0.15, -0.1) is 0 Å². The summed E-state index contributed by atoms with van der Waals surface area (Å²) in [6.07, 6.45) is 39.6. The van der Waals surface area contributed by atoms with Crippen molar-refractivity contribution in [2.45, 2.75) is 272 Å². The SMILES string of the molecule is CC(C)CCCCCCCCCCCCCCCCC(=O)OC[C@@H](COC(=O)CCCCCCCCCC(C)C)OC(=O)CCCCCCCCCCC(C)C. The maximum Gasteiger partial charge on any atom is 0.306 e. The molecule has 0 heterocycles. The second kappa shape index (κ2) is 41.6. The summed E-state index contributed by atoms with van der Waals surface area (Å²) < 4.78 is 16.7. The summed E-state index contributed by atoms with van der Waals surface area (Å²) in [6.45, 7) is 13.6. The lowest BCUT2D eigenvalue weighted by molar-refractivity contribution is -0.167. The molecule has 332 valence electrons. The lowest BCUT2D eigenvalue weighted by Gasteiger charge is -2.18. The number of esters is 3. The van der Waals surface area contributed by atoms with Gasteiger partial charge in [0, 0.05) is 19.3 Å². The molecule has 0 rings (SSSR count). The third kappa shape index (κ3) is 43.5. The summed E-state index contributed by atoms with van der Waals surface area (Å²) in [5.41, 5.74) is 0. The molecule has 0 unspecified atom stereocenters. The van der Waals surface area contributed by atoms with E-state index in [1.54, 1.807) is 0 Å². The highest BCUT2D eigenvalue weighted by Gasteiger charge is 2.19. The molecule has 56 heavy (non-hydrogen) atoms. The Balaban J connectivity index is 4.27. The van der Waals surface area contributed by atoms with Gasteiger partial charge in [-0.1, -0.05) is 228 Å². The molecule has 1 atom stereocenters. The Bertz CT molecular complexity index is 868. The second-order valence-corrected chi connectivity index (χ2v) is 18.5. The Labute approximate surface area is 348 Å². The van der Waals surface area contributed by atoms with Gasteiger partial charge >= 0.3 is 17.9 Å². The molecule has 0 aromatic rings. The number of ether oxygens (including phenoxy) is 3. The van der Waals surface area contributed by atoms with E-state index < -0.39 is 6.10 Å². The smallest absolute Gasteiger partial charge is 0.306 e. The van der Waals surface area contributed by atoms with Gasteiger partial charge in [0.05, 0.1) is 0 Å². The van der Waals surface area contributed by atoms with E-state index in [0.717, 1.165) is 75.5 Å². The maximum atomic E-state index is 12.7. The monoisotopic (exact) mass is 793 g/mol. The van der Waals surface area contributed by atoms with E-state index in [4.69, 9.17) is 14.2 Å². The molecule has 0 bridgehead atoms. The van der Waals surface area contributed by atoms with Gasteiger partial charge in [0.2, 0.25) is 0 Å². The molecule has 0 radical (unpaired) electrons. The van der Waals surface area contributed by atoms with Crippen LogP contribution in [0.15, 0.2) is 0 Å². The van der Waals surface area contributed by atoms with Gasteiger partial charge in [-0.25, -0.2) is 0 Å². The van der Waals surface area contributed by atoms with E-state index >= 15 is 0 Å². The van der Waals surface area contributed by atoms with Crippen molar-refractivity contribution in [1.82, 2.24) is 0 Å². The van der Waals surface area contributed by atoms with Crippen molar-refractivity contribution in [3.8, 4) is 0 Å². The van der Waals surface area contributed by atoms with Crippen molar-refractivity contribution in [3.05, 3.63) is 0 Å². The average molecular weight is 793 g/mol. The van der Waals surface area contributed by atoms with Crippen LogP contribution in [0.3, 0.4) is 0 Å². The first kappa shape index (κ1) is 54.4. The van der Waals surface area contributed by atoms with Gasteiger partial charge < -0.3 is 14.2 Å². The van der Waals surface area contributed by atoms with Gasteiger partial charge in [-0.2, -0.15) is 0 Å². The summed E-state index contributed by atoms with van der Waals surface area (Å²) in [4.78, 5) is 37.8. The van der Waals surface area contributed by atoms with Crippen LogP contribution in [0.4, 0.5) is 0 Å². The van der Waals surface area contributed by atoms with Crippen LogP contribution in [0, 0.1) is 17.8 Å². The summed E-state index contributed by atoms with van der Waals surface area (Å²) in [6, 6.07) is 0. The Hall–Kier alpha value is -1.59. The molecular weight excluding hydrogens is 697 g/mol. The van der Waals surface area contributed by atoms with Crippen molar-refractivity contribution < 1.29 is 28.6 Å². The Morgan fingerprint density at radius 1 is 0.304 bits per heavy atom. The third-order valence-corrected chi connectivity index (χ3v) is 11.1. The standard InChI is InChI=1S/C50H96O6/c1-44(2)36-30-24-18-13-11-9-7-8-10-12-14-21-27-33-39-48(51)54-42-47(43-55-49(52)40-34-28-23-17-20-26-32-38-46(5)6)56-50(53)41-35-29-22-16-15-19-25-31-37-45(3)4/h44-47H,7-43H2,1-6H3/t47-/m0/s1. The molecule has 0 aliphatic carbocycles. The van der Waals surface area contributed by atoms with Gasteiger partial charge in [0.1, 0.15) is 13.2 Å². The Morgan fingerprint density at radius 3 is 0.768 bits per heavy atom. The number of hydrogen-bond acceptors (Lipinski definition) is 6. The van der Waals surface area contributed by atoms with Crippen LogP contribution >= 0.6 is 0 Å². The summed E-state index contributed by atoms with van der Waals surface area (Å²) in [5.74, 6) is 1.56. The molecule has 0 aromatic heterocycles. The number of rotatable bonds is 43. The largest absolute Gasteiger partial charge is 0.462 e. The van der Waals surface area contributed by atoms with Crippen LogP contribution < -0.4 is 0 Å². The number of unbranched alkanes of at least 4 members (excludes halogenated alkanes) is 26. The fourth-order valence-corrected chi connectivity index (χ4v) is 7.41. The molecule has 0 fully saturated rings. The summed E-state index contributed by atoms with van der Waals surface area (Å²) >= 11 is 0. The van der Waals surface area contributed by atoms with Crippen molar-refractivity contribution in [1.29, 1.82) is 0 Å². The van der Waals surface area contributed by atoms with E-state index in [0.29, 0.717) is 19.3 Å². The predicted molar refractivity (Wildman–Crippen MR) is 238 cm³/mol. The second-order valence-electron chi connectivity index (χ2n) is 18.5. The molecule has 0 N–H and O–H groups in total. The number of carbonyl (C=O) groups excluding carboxylic acids is 3. The van der Waals surface area contributed by atoms with Crippen LogP contribution in [-0.2, 0) is 28.6 Å². The van der Waals surface area contributed by atoms with Crippen LogP contribution in [-0.4, -0.2) is 37.2 Å². The molecule has 0 aliphatic heterocycles. The van der Waals surface area contributed by atoms with Gasteiger partial charge in [-0.3, -0.25) is 14.4 Å². The minimum Gasteiger partial charge on any atom is -0.462 e. The number of hydrogen-bond donors (Lipinski definition) is 0. The van der Waals surface area contributed by atoms with Gasteiger partial charge in [0.25, 0.3) is 0 Å². The molecule has 0 spiro atoms. The van der Waals surface area contributed by atoms with Crippen molar-refractivity contribution in [3.63, 3.8) is 0 Å². The topological polar surface area (TPSA) is 78.9 Å². The zero-order valence-electron chi connectivity index (χ0n) is 38.4. The Morgan fingerprint density at radius 2 is 0.518 bits per heavy atom. The van der Waals surface area contributed by atoms with Crippen molar-refractivity contribution >= 4 is 17.9 Å². The first-order valence-electron chi connectivity index (χ1n) is 24.6. The highest BCUT2D eigenvalue weighted by molar-refractivity contribution is 5.71. The van der Waals surface area contributed by atoms with E-state index in [1.807, 2.05) is 0 Å². The molecule has 0 aliphatic rings. The van der Waals surface area contributed by atoms with Crippen molar-refractivity contribution in [2.75, 3.05) is 13.2 Å². The average Bonchev–Trinajstić information content (AvgIpc) is 3.15. The molecule has 6 heteroatoms. The highest BCUT2D eigenvalue weighted by atomic mass is 16.6. The van der Waals surface area contributed by atoms with E-state index in [2.05, 4.69) is 41.5 Å². The minimum absolute atomic E-state index is 0.0659. The Kier molecular flexibility index (Phi) is 40.4. The van der Waals surface area contributed by atoms with Gasteiger partial charge in [-0.05, 0) is 37.0 Å². The predicted octanol–water partition coefficient (Wildman–Crippen LogP) is 15.6. The number of carbonyl (C=O) groups is 3. The molecule has 0 aromatic carbocycles. The van der Waals surface area contributed by atoms with Crippen LogP contribution in [0.25, 0.3) is 0 Å². The molecule has 0 amide bonds. The van der Waals surface area contributed by atoms with E-state index in [-0.39, 0.29) is 31.1 Å². The summed E-state index contributed by atoms with van der Waals surface area (Å²) in [5, 5.41) is 0. The minimum atomic E-state index is -0.762. The first-order chi connectivity index (χ1) is 27.1. The quantitative estimate of drug-likeness (QED) is 0.0348. The van der Waals surface area contributed by atoms with E-state index in [9.17, 15) is 14.4 Å². The molecule has 0 saturated carbocycles. The fourth-order valence-electron chi connectivity index (χ4n) is 7.41. The normalized spacial score (nSPS) is 12.2. The van der Waals surface area contributed by atoms with Crippen LogP contribution in [0.1, 0.15) is 266 Å². The van der Waals surface area contributed by atoms with Crippen LogP contribution in [0.2, 0.25) is 0 Å². The zero-order valence-corrected chi connectivity index (χ0v) is 38.4. The molecule has 0 saturated heterocycles. The lowest BCUT2D eigenvalue weighted by atomic mass is 10.0. The van der Waals surface area contributed by atoms with E-state index in [1.165, 1.54) is 148 Å². The molecular formula is C50H96O6. The maximum absolute atomic E-state index is 12.7. The zero-order chi connectivity index (χ0) is 41.3. The third-order valence-electron chi connectivity index (χ3n) is 11.1. The highest BCUT2D eigenvalue weighted by Crippen LogP contribution is 2.17. The fraction of sp³-hybridized carbons (Fsp3) is 0.940. The van der Waals surface area contributed by atoms with Crippen LogP contribution in [0.5, 0.6) is 0 Å². The molecule has 6 nitrogen and oxygen atoms in total. The van der Waals surface area contributed by atoms with Gasteiger partial charge in [0.15, 0.2) is 6.10 Å². The van der Waals surface area contributed by atoms with Crippen molar-refractivity contribution in [2.24, 2.45) is 17.8 Å².